The molecule has 0 saturated heterocycles. The Labute approximate surface area is 87.1 Å². The molecule has 0 spiro atoms. The summed E-state index contributed by atoms with van der Waals surface area (Å²) in [4.78, 5) is 15.3. The van der Waals surface area contributed by atoms with Crippen LogP contribution in [0.3, 0.4) is 0 Å². The third-order valence-corrected chi connectivity index (χ3v) is 2.20. The van der Waals surface area contributed by atoms with E-state index >= 15 is 0 Å². The van der Waals surface area contributed by atoms with Crippen LogP contribution in [-0.2, 0) is 6.42 Å². The normalized spacial score (nSPS) is 13.2. The average Bonchev–Trinajstić information content (AvgIpc) is 2.59. The highest BCUT2D eigenvalue weighted by atomic mass is 15.0. The SMILES string of the molecule is CC(N)CCc1nc2ncnc(N)c2[nH]1. The Morgan fingerprint density at radius 1 is 1.47 bits per heavy atom. The molecule has 0 radical (unpaired) electrons. The molecular formula is C9H14N6. The number of hydrogen-bond donors (Lipinski definition) is 3. The van der Waals surface area contributed by atoms with Gasteiger partial charge in [-0.2, -0.15) is 0 Å². The average molecular weight is 206 g/mol. The molecule has 15 heavy (non-hydrogen) atoms. The first kappa shape index (κ1) is 9.85. The Morgan fingerprint density at radius 3 is 2.93 bits per heavy atom. The monoisotopic (exact) mass is 206 g/mol. The molecule has 6 nitrogen and oxygen atoms in total. The zero-order valence-corrected chi connectivity index (χ0v) is 8.57. The van der Waals surface area contributed by atoms with Crippen molar-refractivity contribution in [3.05, 3.63) is 12.2 Å². The molecule has 0 bridgehead atoms. The standard InChI is InChI=1S/C9H14N6/c1-5(10)2-3-6-14-7-8(11)12-4-13-9(7)15-6/h4-5H,2-3,10H2,1H3,(H3,11,12,13,14,15). The maximum absolute atomic E-state index is 5.68. The van der Waals surface area contributed by atoms with E-state index in [2.05, 4.69) is 19.9 Å². The highest BCUT2D eigenvalue weighted by Crippen LogP contribution is 2.14. The van der Waals surface area contributed by atoms with Gasteiger partial charge in [-0.1, -0.05) is 0 Å². The summed E-state index contributed by atoms with van der Waals surface area (Å²) >= 11 is 0. The molecule has 0 aliphatic heterocycles. The minimum atomic E-state index is 0.168. The quantitative estimate of drug-likeness (QED) is 0.665. The molecule has 0 aliphatic rings. The van der Waals surface area contributed by atoms with Crippen molar-refractivity contribution >= 4 is 17.0 Å². The fraction of sp³-hybridized carbons (Fsp3) is 0.444. The molecule has 0 aromatic carbocycles. The number of nitrogens with two attached hydrogens (primary N) is 2. The van der Waals surface area contributed by atoms with E-state index in [1.54, 1.807) is 0 Å². The lowest BCUT2D eigenvalue weighted by Gasteiger charge is -2.00. The molecule has 2 rings (SSSR count). The number of fused-ring (bicyclic) bond motifs is 1. The molecular weight excluding hydrogens is 192 g/mol. The molecule has 80 valence electrons. The van der Waals surface area contributed by atoms with Gasteiger partial charge in [-0.05, 0) is 13.3 Å². The maximum atomic E-state index is 5.68. The number of anilines is 1. The molecule has 5 N–H and O–H groups in total. The molecule has 0 saturated carbocycles. The number of aromatic nitrogens is 4. The summed E-state index contributed by atoms with van der Waals surface area (Å²) in [5.41, 5.74) is 12.7. The zero-order valence-electron chi connectivity index (χ0n) is 8.57. The van der Waals surface area contributed by atoms with Gasteiger partial charge in [-0.15, -0.1) is 0 Å². The van der Waals surface area contributed by atoms with Crippen LogP contribution in [0, 0.1) is 0 Å². The Balaban J connectivity index is 2.27. The van der Waals surface area contributed by atoms with Gasteiger partial charge >= 0.3 is 0 Å². The summed E-state index contributed by atoms with van der Waals surface area (Å²) in [5.74, 6) is 1.29. The van der Waals surface area contributed by atoms with Crippen LogP contribution in [0.5, 0.6) is 0 Å². The summed E-state index contributed by atoms with van der Waals surface area (Å²) in [7, 11) is 0. The molecule has 2 aromatic heterocycles. The molecule has 6 heteroatoms. The molecule has 0 aliphatic carbocycles. The molecule has 2 aromatic rings. The largest absolute Gasteiger partial charge is 0.382 e. The van der Waals surface area contributed by atoms with Gasteiger partial charge in [0.15, 0.2) is 11.5 Å². The van der Waals surface area contributed by atoms with Crippen molar-refractivity contribution in [1.82, 2.24) is 19.9 Å². The fourth-order valence-corrected chi connectivity index (χ4v) is 1.38. The van der Waals surface area contributed by atoms with Crippen LogP contribution >= 0.6 is 0 Å². The van der Waals surface area contributed by atoms with Crippen LogP contribution in [0.4, 0.5) is 5.82 Å². The first-order valence-corrected chi connectivity index (χ1v) is 4.87. The molecule has 0 fully saturated rings. The van der Waals surface area contributed by atoms with Crippen LogP contribution in [0.1, 0.15) is 19.2 Å². The number of hydrogen-bond acceptors (Lipinski definition) is 5. The van der Waals surface area contributed by atoms with E-state index in [1.165, 1.54) is 6.33 Å². The van der Waals surface area contributed by atoms with Gasteiger partial charge in [0, 0.05) is 12.5 Å². The lowest BCUT2D eigenvalue weighted by atomic mass is 10.2. The van der Waals surface area contributed by atoms with Gasteiger partial charge < -0.3 is 16.5 Å². The Morgan fingerprint density at radius 2 is 2.27 bits per heavy atom. The molecule has 2 heterocycles. The van der Waals surface area contributed by atoms with Crippen molar-refractivity contribution in [2.45, 2.75) is 25.8 Å². The molecule has 0 amide bonds. The Kier molecular flexibility index (Phi) is 2.51. The van der Waals surface area contributed by atoms with Crippen molar-refractivity contribution in [3.63, 3.8) is 0 Å². The maximum Gasteiger partial charge on any atom is 0.183 e. The number of H-pyrrole nitrogens is 1. The first-order chi connectivity index (χ1) is 7.16. The lowest BCUT2D eigenvalue weighted by Crippen LogP contribution is -2.15. The summed E-state index contributed by atoms with van der Waals surface area (Å²) in [6.45, 7) is 1.97. The minimum Gasteiger partial charge on any atom is -0.382 e. The van der Waals surface area contributed by atoms with E-state index in [0.29, 0.717) is 17.0 Å². The van der Waals surface area contributed by atoms with Gasteiger partial charge in [-0.3, -0.25) is 0 Å². The number of nitrogens with zero attached hydrogens (tertiary/aromatic N) is 3. The number of nitrogen functional groups attached to an aromatic ring is 1. The van der Waals surface area contributed by atoms with E-state index in [9.17, 15) is 0 Å². The van der Waals surface area contributed by atoms with Crippen molar-refractivity contribution in [2.75, 3.05) is 5.73 Å². The highest BCUT2D eigenvalue weighted by molar-refractivity contribution is 5.80. The number of imidazole rings is 1. The number of rotatable bonds is 3. The second-order valence-corrected chi connectivity index (χ2v) is 3.66. The fourth-order valence-electron chi connectivity index (χ4n) is 1.38. The number of aromatic amines is 1. The minimum absolute atomic E-state index is 0.168. The lowest BCUT2D eigenvalue weighted by molar-refractivity contribution is 0.652. The van der Waals surface area contributed by atoms with Gasteiger partial charge in [0.2, 0.25) is 0 Å². The highest BCUT2D eigenvalue weighted by Gasteiger charge is 2.07. The van der Waals surface area contributed by atoms with Crippen molar-refractivity contribution in [1.29, 1.82) is 0 Å². The number of nitrogens with one attached hydrogen (secondary N) is 1. The third-order valence-electron chi connectivity index (χ3n) is 2.20. The summed E-state index contributed by atoms with van der Waals surface area (Å²) in [5, 5.41) is 0. The third kappa shape index (κ3) is 2.04. The van der Waals surface area contributed by atoms with E-state index in [-0.39, 0.29) is 6.04 Å². The number of aryl methyl sites for hydroxylation is 1. The van der Waals surface area contributed by atoms with Crippen LogP contribution in [0.15, 0.2) is 6.33 Å². The topological polar surface area (TPSA) is 106 Å². The van der Waals surface area contributed by atoms with E-state index in [0.717, 1.165) is 18.7 Å². The first-order valence-electron chi connectivity index (χ1n) is 4.87. The van der Waals surface area contributed by atoms with Crippen LogP contribution in [0.2, 0.25) is 0 Å². The van der Waals surface area contributed by atoms with Crippen LogP contribution in [-0.4, -0.2) is 26.0 Å². The predicted molar refractivity (Wildman–Crippen MR) is 58.1 cm³/mol. The van der Waals surface area contributed by atoms with Crippen molar-refractivity contribution in [3.8, 4) is 0 Å². The van der Waals surface area contributed by atoms with Crippen LogP contribution in [0.25, 0.3) is 11.2 Å². The molecule has 1 unspecified atom stereocenters. The van der Waals surface area contributed by atoms with Crippen LogP contribution < -0.4 is 11.5 Å². The predicted octanol–water partition coefficient (Wildman–Crippen LogP) is 0.215. The van der Waals surface area contributed by atoms with E-state index < -0.39 is 0 Å². The summed E-state index contributed by atoms with van der Waals surface area (Å²) < 4.78 is 0. The van der Waals surface area contributed by atoms with E-state index in [4.69, 9.17) is 11.5 Å². The second kappa shape index (κ2) is 3.82. The van der Waals surface area contributed by atoms with Gasteiger partial charge in [0.1, 0.15) is 17.7 Å². The Hall–Kier alpha value is -1.69. The van der Waals surface area contributed by atoms with Crippen molar-refractivity contribution < 1.29 is 0 Å². The Bertz CT molecular complexity index is 461. The zero-order chi connectivity index (χ0) is 10.8. The van der Waals surface area contributed by atoms with Crippen molar-refractivity contribution in [2.24, 2.45) is 5.73 Å². The second-order valence-electron chi connectivity index (χ2n) is 3.66. The summed E-state index contributed by atoms with van der Waals surface area (Å²) in [6.07, 6.45) is 3.09. The van der Waals surface area contributed by atoms with Gasteiger partial charge in [-0.25, -0.2) is 15.0 Å². The summed E-state index contributed by atoms with van der Waals surface area (Å²) in [6, 6.07) is 0.168. The van der Waals surface area contributed by atoms with E-state index in [1.807, 2.05) is 6.92 Å². The van der Waals surface area contributed by atoms with Gasteiger partial charge in [0.25, 0.3) is 0 Å². The van der Waals surface area contributed by atoms with Gasteiger partial charge in [0.05, 0.1) is 0 Å². The smallest absolute Gasteiger partial charge is 0.183 e. The molecule has 1 atom stereocenters.